The van der Waals surface area contributed by atoms with E-state index in [-0.39, 0.29) is 17.5 Å². The summed E-state index contributed by atoms with van der Waals surface area (Å²) in [5, 5.41) is 2.87. The minimum Gasteiger partial charge on any atom is -0.489 e. The Hall–Kier alpha value is -2.79. The molecular weight excluding hydrogens is 345 g/mol. The fraction of sp³-hybridized carbons (Fsp3) is 0.105. The van der Waals surface area contributed by atoms with Crippen LogP contribution >= 0.6 is 11.6 Å². The van der Waals surface area contributed by atoms with Crippen molar-refractivity contribution in [3.8, 4) is 5.75 Å². The van der Waals surface area contributed by atoms with Gasteiger partial charge in [0.15, 0.2) is 0 Å². The highest BCUT2D eigenvalue weighted by Crippen LogP contribution is 2.18. The van der Waals surface area contributed by atoms with Crippen molar-refractivity contribution in [1.29, 1.82) is 0 Å². The van der Waals surface area contributed by atoms with E-state index in [1.54, 1.807) is 48.9 Å². The van der Waals surface area contributed by atoms with Gasteiger partial charge in [-0.1, -0.05) is 17.7 Å². The molecule has 128 valence electrons. The maximum absolute atomic E-state index is 13.4. The van der Waals surface area contributed by atoms with Crippen molar-refractivity contribution in [2.45, 2.75) is 13.2 Å². The molecule has 3 aromatic rings. The minimum absolute atomic E-state index is 0.0783. The van der Waals surface area contributed by atoms with Gasteiger partial charge in [0.2, 0.25) is 0 Å². The number of rotatable bonds is 6. The zero-order valence-electron chi connectivity index (χ0n) is 13.2. The van der Waals surface area contributed by atoms with Gasteiger partial charge in [-0.3, -0.25) is 4.79 Å². The highest BCUT2D eigenvalue weighted by Gasteiger charge is 2.07. The molecule has 0 fully saturated rings. The second-order valence-corrected chi connectivity index (χ2v) is 5.78. The molecule has 0 atom stereocenters. The molecule has 0 bridgehead atoms. The number of furan rings is 1. The lowest BCUT2D eigenvalue weighted by Crippen LogP contribution is -2.22. The molecular formula is C19H15ClFNO3. The first-order chi connectivity index (χ1) is 12.1. The SMILES string of the molecule is O=C(NCc1ccoc1)c1ccc(OCc2ccc(Cl)c(F)c2)cc1. The molecule has 1 aromatic heterocycles. The highest BCUT2D eigenvalue weighted by molar-refractivity contribution is 6.30. The van der Waals surface area contributed by atoms with Gasteiger partial charge >= 0.3 is 0 Å². The van der Waals surface area contributed by atoms with Gasteiger partial charge in [-0.05, 0) is 48.0 Å². The summed E-state index contributed by atoms with van der Waals surface area (Å²) in [6, 6.07) is 13.0. The van der Waals surface area contributed by atoms with Crippen LogP contribution in [0.25, 0.3) is 0 Å². The lowest BCUT2D eigenvalue weighted by atomic mass is 10.2. The smallest absolute Gasteiger partial charge is 0.251 e. The Morgan fingerprint density at radius 1 is 1.12 bits per heavy atom. The summed E-state index contributed by atoms with van der Waals surface area (Å²) in [7, 11) is 0. The molecule has 0 saturated heterocycles. The van der Waals surface area contributed by atoms with Gasteiger partial charge in [0, 0.05) is 17.7 Å². The van der Waals surface area contributed by atoms with Gasteiger partial charge in [-0.25, -0.2) is 4.39 Å². The normalized spacial score (nSPS) is 10.5. The van der Waals surface area contributed by atoms with Crippen molar-refractivity contribution in [2.24, 2.45) is 0 Å². The molecule has 2 aromatic carbocycles. The third-order valence-corrected chi connectivity index (χ3v) is 3.85. The third-order valence-electron chi connectivity index (χ3n) is 3.54. The average Bonchev–Trinajstić information content (AvgIpc) is 3.15. The van der Waals surface area contributed by atoms with Crippen LogP contribution in [0.5, 0.6) is 5.75 Å². The van der Waals surface area contributed by atoms with Crippen LogP contribution < -0.4 is 10.1 Å². The Morgan fingerprint density at radius 2 is 1.92 bits per heavy atom. The van der Waals surface area contributed by atoms with E-state index in [1.807, 2.05) is 0 Å². The molecule has 1 N–H and O–H groups in total. The van der Waals surface area contributed by atoms with E-state index in [9.17, 15) is 9.18 Å². The molecule has 25 heavy (non-hydrogen) atoms. The molecule has 3 rings (SSSR count). The zero-order valence-corrected chi connectivity index (χ0v) is 13.9. The summed E-state index contributed by atoms with van der Waals surface area (Å²) in [5.41, 5.74) is 2.08. The van der Waals surface area contributed by atoms with E-state index < -0.39 is 5.82 Å². The van der Waals surface area contributed by atoms with Gasteiger partial charge in [-0.15, -0.1) is 0 Å². The highest BCUT2D eigenvalue weighted by atomic mass is 35.5. The van der Waals surface area contributed by atoms with Gasteiger partial charge in [0.1, 0.15) is 18.2 Å². The second kappa shape index (κ2) is 7.85. The fourth-order valence-electron chi connectivity index (χ4n) is 2.18. The topological polar surface area (TPSA) is 51.5 Å². The summed E-state index contributed by atoms with van der Waals surface area (Å²) >= 11 is 5.64. The van der Waals surface area contributed by atoms with E-state index in [1.165, 1.54) is 12.1 Å². The molecule has 6 heteroatoms. The van der Waals surface area contributed by atoms with Crippen molar-refractivity contribution < 1.29 is 18.3 Å². The van der Waals surface area contributed by atoms with E-state index in [4.69, 9.17) is 20.8 Å². The van der Waals surface area contributed by atoms with Crippen LogP contribution in [0.15, 0.2) is 65.5 Å². The lowest BCUT2D eigenvalue weighted by molar-refractivity contribution is 0.0951. The number of carbonyl (C=O) groups is 1. The Bertz CT molecular complexity index is 848. The van der Waals surface area contributed by atoms with Crippen molar-refractivity contribution in [3.63, 3.8) is 0 Å². The number of nitrogens with one attached hydrogen (secondary N) is 1. The molecule has 0 saturated carbocycles. The second-order valence-electron chi connectivity index (χ2n) is 5.38. The molecule has 0 spiro atoms. The predicted molar refractivity (Wildman–Crippen MR) is 92.1 cm³/mol. The maximum atomic E-state index is 13.4. The molecule has 4 nitrogen and oxygen atoms in total. The predicted octanol–water partition coefficient (Wildman–Crippen LogP) is 4.58. The quantitative estimate of drug-likeness (QED) is 0.700. The molecule has 0 aliphatic carbocycles. The molecule has 0 aliphatic heterocycles. The standard InChI is InChI=1S/C19H15ClFNO3/c20-17-6-1-13(9-18(17)21)12-25-16-4-2-15(3-5-16)19(23)22-10-14-7-8-24-11-14/h1-9,11H,10,12H2,(H,22,23). The number of hydrogen-bond donors (Lipinski definition) is 1. The van der Waals surface area contributed by atoms with Gasteiger partial charge in [0.25, 0.3) is 5.91 Å². The first-order valence-corrected chi connectivity index (χ1v) is 7.96. The first kappa shape index (κ1) is 17.0. The summed E-state index contributed by atoms with van der Waals surface area (Å²) in [5.74, 6) is -0.0818. The fourth-order valence-corrected chi connectivity index (χ4v) is 2.29. The van der Waals surface area contributed by atoms with Crippen LogP contribution in [0.3, 0.4) is 0 Å². The van der Waals surface area contributed by atoms with E-state index in [0.717, 1.165) is 5.56 Å². The molecule has 0 aliphatic rings. The monoisotopic (exact) mass is 359 g/mol. The van der Waals surface area contributed by atoms with Crippen molar-refractivity contribution in [1.82, 2.24) is 5.32 Å². The number of carbonyl (C=O) groups excluding carboxylic acids is 1. The number of amides is 1. The van der Waals surface area contributed by atoms with Crippen LogP contribution in [-0.4, -0.2) is 5.91 Å². The van der Waals surface area contributed by atoms with Crippen LogP contribution in [-0.2, 0) is 13.2 Å². The Kier molecular flexibility index (Phi) is 5.36. The lowest BCUT2D eigenvalue weighted by Gasteiger charge is -2.08. The summed E-state index contributed by atoms with van der Waals surface area (Å²) in [6.45, 7) is 0.607. The Labute approximate surface area is 149 Å². The molecule has 0 radical (unpaired) electrons. The first-order valence-electron chi connectivity index (χ1n) is 7.58. The Balaban J connectivity index is 1.54. The van der Waals surface area contributed by atoms with Crippen LogP contribution in [0.4, 0.5) is 4.39 Å². The minimum atomic E-state index is -0.479. The Morgan fingerprint density at radius 3 is 2.60 bits per heavy atom. The van der Waals surface area contributed by atoms with E-state index >= 15 is 0 Å². The number of benzene rings is 2. The van der Waals surface area contributed by atoms with Crippen LogP contribution in [0.1, 0.15) is 21.5 Å². The van der Waals surface area contributed by atoms with Crippen molar-refractivity contribution in [3.05, 3.63) is 88.6 Å². The van der Waals surface area contributed by atoms with Gasteiger partial charge < -0.3 is 14.5 Å². The van der Waals surface area contributed by atoms with E-state index in [2.05, 4.69) is 5.32 Å². The summed E-state index contributed by atoms with van der Waals surface area (Å²) in [4.78, 5) is 12.1. The summed E-state index contributed by atoms with van der Waals surface area (Å²) in [6.07, 6.45) is 3.14. The van der Waals surface area contributed by atoms with Crippen molar-refractivity contribution >= 4 is 17.5 Å². The van der Waals surface area contributed by atoms with Crippen LogP contribution in [0, 0.1) is 5.82 Å². The third kappa shape index (κ3) is 4.61. The maximum Gasteiger partial charge on any atom is 0.251 e. The van der Waals surface area contributed by atoms with Crippen LogP contribution in [0.2, 0.25) is 5.02 Å². The molecule has 0 unspecified atom stereocenters. The number of ether oxygens (including phenoxy) is 1. The zero-order chi connectivity index (χ0) is 17.6. The largest absolute Gasteiger partial charge is 0.489 e. The van der Waals surface area contributed by atoms with Crippen molar-refractivity contribution in [2.75, 3.05) is 0 Å². The van der Waals surface area contributed by atoms with E-state index in [0.29, 0.717) is 23.4 Å². The molecule has 1 amide bonds. The summed E-state index contributed by atoms with van der Waals surface area (Å²) < 4.78 is 23.9. The molecule has 1 heterocycles. The van der Waals surface area contributed by atoms with Gasteiger partial charge in [0.05, 0.1) is 17.5 Å². The number of halogens is 2. The average molecular weight is 360 g/mol. The number of hydrogen-bond acceptors (Lipinski definition) is 3. The van der Waals surface area contributed by atoms with Gasteiger partial charge in [-0.2, -0.15) is 0 Å².